The molecule has 0 bridgehead atoms. The van der Waals surface area contributed by atoms with Gasteiger partial charge in [-0.05, 0) is 36.8 Å². The maximum Gasteiger partial charge on any atom is 0.287 e. The van der Waals surface area contributed by atoms with Crippen molar-refractivity contribution in [3.05, 3.63) is 50.2 Å². The van der Waals surface area contributed by atoms with E-state index in [9.17, 15) is 10.1 Å². The van der Waals surface area contributed by atoms with Crippen molar-refractivity contribution >= 4 is 39.6 Å². The van der Waals surface area contributed by atoms with E-state index in [0.717, 1.165) is 10.3 Å². The molecule has 0 fully saturated rings. The smallest absolute Gasteiger partial charge is 0.274 e. The number of nitrogens with zero attached hydrogens (tertiary/aromatic N) is 4. The van der Waals surface area contributed by atoms with Gasteiger partial charge in [0.25, 0.3) is 5.69 Å². The highest BCUT2D eigenvalue weighted by molar-refractivity contribution is 7.73. The number of pyridine rings is 2. The average Bonchev–Trinajstić information content (AvgIpc) is 2.74. The van der Waals surface area contributed by atoms with E-state index in [0.29, 0.717) is 15.3 Å². The number of hydrogen-bond acceptors (Lipinski definition) is 6. The lowest BCUT2D eigenvalue weighted by Crippen LogP contribution is -2.01. The van der Waals surface area contributed by atoms with E-state index in [1.807, 2.05) is 12.1 Å². The molecule has 3 heterocycles. The predicted molar refractivity (Wildman–Crippen MR) is 79.0 cm³/mol. The molecule has 0 spiro atoms. The monoisotopic (exact) mass is 304 g/mol. The van der Waals surface area contributed by atoms with Gasteiger partial charge >= 0.3 is 0 Å². The number of aryl methyl sites for hydroxylation is 1. The Bertz CT molecular complexity index is 885. The molecule has 0 saturated heterocycles. The molecule has 3 rings (SSSR count). The topological polar surface area (TPSA) is 73.8 Å². The maximum absolute atomic E-state index is 10.8. The zero-order valence-electron chi connectivity index (χ0n) is 10.3. The molecule has 0 aliphatic rings. The standard InChI is InChI=1S/C12H8N4O2S2/c1-7-5-8(16(17)18)6-14-10(7)15-9-3-2-4-13-11(9)20-12(15)19/h2-6H,1H3. The minimum absolute atomic E-state index is 0.0320. The Morgan fingerprint density at radius 1 is 1.45 bits per heavy atom. The fourth-order valence-corrected chi connectivity index (χ4v) is 3.19. The van der Waals surface area contributed by atoms with E-state index >= 15 is 0 Å². The highest BCUT2D eigenvalue weighted by Crippen LogP contribution is 2.26. The van der Waals surface area contributed by atoms with Crippen molar-refractivity contribution in [2.24, 2.45) is 0 Å². The van der Waals surface area contributed by atoms with Crippen molar-refractivity contribution in [1.29, 1.82) is 0 Å². The molecule has 0 saturated carbocycles. The number of rotatable bonds is 2. The van der Waals surface area contributed by atoms with Crippen LogP contribution in [0.2, 0.25) is 0 Å². The SMILES string of the molecule is Cc1cc([N+](=O)[O-])cnc1-n1c(=S)sc2ncccc21. The molecular formula is C12H8N4O2S2. The van der Waals surface area contributed by atoms with Crippen molar-refractivity contribution in [3.63, 3.8) is 0 Å². The van der Waals surface area contributed by atoms with Crippen molar-refractivity contribution in [1.82, 2.24) is 14.5 Å². The quantitative estimate of drug-likeness (QED) is 0.412. The molecular weight excluding hydrogens is 296 g/mol. The first kappa shape index (κ1) is 12.8. The van der Waals surface area contributed by atoms with E-state index in [4.69, 9.17) is 12.2 Å². The molecule has 8 heteroatoms. The van der Waals surface area contributed by atoms with Crippen LogP contribution in [0.15, 0.2) is 30.6 Å². The van der Waals surface area contributed by atoms with Crippen molar-refractivity contribution in [2.75, 3.05) is 0 Å². The fraction of sp³-hybridized carbons (Fsp3) is 0.0833. The summed E-state index contributed by atoms with van der Waals surface area (Å²) < 4.78 is 2.41. The normalized spacial score (nSPS) is 10.8. The fourth-order valence-electron chi connectivity index (χ4n) is 1.95. The third-order valence-electron chi connectivity index (χ3n) is 2.82. The molecule has 0 radical (unpaired) electrons. The lowest BCUT2D eigenvalue weighted by Gasteiger charge is -2.06. The Kier molecular flexibility index (Phi) is 3.03. The number of thiazole rings is 1. The van der Waals surface area contributed by atoms with Crippen LogP contribution in [-0.4, -0.2) is 19.5 Å². The van der Waals surface area contributed by atoms with Crippen LogP contribution in [0.25, 0.3) is 16.2 Å². The minimum atomic E-state index is -0.462. The number of hydrogen-bond donors (Lipinski definition) is 0. The van der Waals surface area contributed by atoms with Gasteiger partial charge in [0.2, 0.25) is 0 Å². The summed E-state index contributed by atoms with van der Waals surface area (Å²) in [6.07, 6.45) is 2.94. The summed E-state index contributed by atoms with van der Waals surface area (Å²) in [6, 6.07) is 5.21. The zero-order chi connectivity index (χ0) is 14.3. The van der Waals surface area contributed by atoms with Gasteiger partial charge in [-0.3, -0.25) is 14.7 Å². The number of nitro groups is 1. The first-order valence-electron chi connectivity index (χ1n) is 5.66. The Labute approximate surface area is 122 Å². The second-order valence-corrected chi connectivity index (χ2v) is 5.74. The van der Waals surface area contributed by atoms with Crippen molar-refractivity contribution in [2.45, 2.75) is 6.92 Å². The van der Waals surface area contributed by atoms with Crippen LogP contribution in [0.5, 0.6) is 0 Å². The van der Waals surface area contributed by atoms with Gasteiger partial charge in [-0.2, -0.15) is 0 Å². The van der Waals surface area contributed by atoms with Gasteiger partial charge in [0.05, 0.1) is 10.4 Å². The van der Waals surface area contributed by atoms with E-state index in [-0.39, 0.29) is 5.69 Å². The summed E-state index contributed by atoms with van der Waals surface area (Å²) in [5.41, 5.74) is 1.52. The van der Waals surface area contributed by atoms with Crippen LogP contribution in [0.4, 0.5) is 5.69 Å². The Balaban J connectivity index is 2.29. The summed E-state index contributed by atoms with van der Waals surface area (Å²) in [7, 11) is 0. The van der Waals surface area contributed by atoms with E-state index < -0.39 is 4.92 Å². The van der Waals surface area contributed by atoms with Crippen LogP contribution in [-0.2, 0) is 0 Å². The second-order valence-electron chi connectivity index (χ2n) is 4.12. The molecule has 0 aliphatic carbocycles. The van der Waals surface area contributed by atoms with Gasteiger partial charge in [-0.25, -0.2) is 9.97 Å². The Hall–Kier alpha value is -2.19. The third kappa shape index (κ3) is 1.98. The summed E-state index contributed by atoms with van der Waals surface area (Å²) in [6.45, 7) is 1.77. The van der Waals surface area contributed by atoms with Crippen LogP contribution in [0.3, 0.4) is 0 Å². The van der Waals surface area contributed by atoms with Crippen molar-refractivity contribution in [3.8, 4) is 5.82 Å². The van der Waals surface area contributed by atoms with E-state index in [2.05, 4.69) is 9.97 Å². The lowest BCUT2D eigenvalue weighted by molar-refractivity contribution is -0.385. The number of fused-ring (bicyclic) bond motifs is 1. The Morgan fingerprint density at radius 2 is 2.25 bits per heavy atom. The summed E-state index contributed by atoms with van der Waals surface area (Å²) in [5.74, 6) is 0.597. The van der Waals surface area contributed by atoms with Gasteiger partial charge in [-0.15, -0.1) is 0 Å². The highest BCUT2D eigenvalue weighted by Gasteiger charge is 2.14. The van der Waals surface area contributed by atoms with E-state index in [1.54, 1.807) is 17.7 Å². The maximum atomic E-state index is 10.8. The van der Waals surface area contributed by atoms with Gasteiger partial charge in [0.15, 0.2) is 3.95 Å². The van der Waals surface area contributed by atoms with Crippen molar-refractivity contribution < 1.29 is 4.92 Å². The molecule has 0 unspecified atom stereocenters. The lowest BCUT2D eigenvalue weighted by atomic mass is 10.2. The van der Waals surface area contributed by atoms with Gasteiger partial charge in [0, 0.05) is 12.3 Å². The molecule has 0 amide bonds. The molecule has 0 atom stereocenters. The predicted octanol–water partition coefficient (Wildman–Crippen LogP) is 3.43. The Morgan fingerprint density at radius 3 is 2.95 bits per heavy atom. The molecule has 0 N–H and O–H groups in total. The van der Waals surface area contributed by atoms with Crippen LogP contribution in [0, 0.1) is 21.0 Å². The first-order chi connectivity index (χ1) is 9.58. The van der Waals surface area contributed by atoms with Crippen LogP contribution >= 0.6 is 23.6 Å². The third-order valence-corrected chi connectivity index (χ3v) is 4.12. The summed E-state index contributed by atoms with van der Waals surface area (Å²) in [4.78, 5) is 19.6. The van der Waals surface area contributed by atoms with E-state index in [1.165, 1.54) is 23.6 Å². The minimum Gasteiger partial charge on any atom is -0.274 e. The molecule has 6 nitrogen and oxygen atoms in total. The zero-order valence-corrected chi connectivity index (χ0v) is 11.9. The molecule has 3 aromatic heterocycles. The molecule has 0 aromatic carbocycles. The van der Waals surface area contributed by atoms with Gasteiger partial charge in [0.1, 0.15) is 16.8 Å². The van der Waals surface area contributed by atoms with Gasteiger partial charge in [-0.1, -0.05) is 11.3 Å². The van der Waals surface area contributed by atoms with Crippen LogP contribution in [0.1, 0.15) is 5.56 Å². The summed E-state index contributed by atoms with van der Waals surface area (Å²) >= 11 is 6.73. The number of aromatic nitrogens is 3. The van der Waals surface area contributed by atoms with Crippen LogP contribution < -0.4 is 0 Å². The molecule has 100 valence electrons. The molecule has 0 aliphatic heterocycles. The first-order valence-corrected chi connectivity index (χ1v) is 6.88. The highest BCUT2D eigenvalue weighted by atomic mass is 32.1. The van der Waals surface area contributed by atoms with Gasteiger partial charge < -0.3 is 0 Å². The molecule has 20 heavy (non-hydrogen) atoms. The molecule has 3 aromatic rings. The largest absolute Gasteiger partial charge is 0.287 e. The average molecular weight is 304 g/mol. The summed E-state index contributed by atoms with van der Waals surface area (Å²) in [5, 5.41) is 10.8. The second kappa shape index (κ2) is 4.73.